The Labute approximate surface area is 117 Å². The first kappa shape index (κ1) is 16.4. The van der Waals surface area contributed by atoms with Crippen LogP contribution in [0, 0.1) is 0 Å². The molecule has 1 amide bonds. The summed E-state index contributed by atoms with van der Waals surface area (Å²) in [5.41, 5.74) is -1.11. The molecule has 0 saturated heterocycles. The van der Waals surface area contributed by atoms with Gasteiger partial charge in [0.2, 0.25) is 0 Å². The van der Waals surface area contributed by atoms with Crippen molar-refractivity contribution in [1.29, 1.82) is 0 Å². The number of hydrogen-bond donors (Lipinski definition) is 0. The molecule has 0 fully saturated rings. The number of hydrogen-bond acceptors (Lipinski definition) is 3. The summed E-state index contributed by atoms with van der Waals surface area (Å²) in [5, 5.41) is 3.80. The molecule has 1 heterocycles. The van der Waals surface area contributed by atoms with Gasteiger partial charge in [-0.3, -0.25) is 0 Å². The summed E-state index contributed by atoms with van der Waals surface area (Å²) in [4.78, 5) is 13.4. The standard InChI is InChI=1S/C13H21F2N3O2/c1-12(2,3)20-11(19)17(6)13(4,5)9-7-8-18(16-9)10(14)15/h7-8,10H,1-6H3. The van der Waals surface area contributed by atoms with E-state index < -0.39 is 23.8 Å². The van der Waals surface area contributed by atoms with Gasteiger partial charge in [-0.2, -0.15) is 13.9 Å². The Balaban J connectivity index is 2.93. The van der Waals surface area contributed by atoms with Gasteiger partial charge in [0.05, 0.1) is 11.2 Å². The number of ether oxygens (including phenoxy) is 1. The fourth-order valence-corrected chi connectivity index (χ4v) is 1.50. The molecular weight excluding hydrogens is 268 g/mol. The van der Waals surface area contributed by atoms with Crippen LogP contribution in [0.15, 0.2) is 12.3 Å². The van der Waals surface area contributed by atoms with Gasteiger partial charge in [-0.25, -0.2) is 9.48 Å². The van der Waals surface area contributed by atoms with Crippen LogP contribution >= 0.6 is 0 Å². The van der Waals surface area contributed by atoms with Crippen LogP contribution in [0.1, 0.15) is 46.9 Å². The van der Waals surface area contributed by atoms with Gasteiger partial charge in [0.15, 0.2) is 0 Å². The molecule has 5 nitrogen and oxygen atoms in total. The zero-order valence-electron chi connectivity index (χ0n) is 12.6. The van der Waals surface area contributed by atoms with Gasteiger partial charge >= 0.3 is 12.6 Å². The summed E-state index contributed by atoms with van der Waals surface area (Å²) >= 11 is 0. The fraction of sp³-hybridized carbons (Fsp3) is 0.692. The Hall–Kier alpha value is -1.66. The highest BCUT2D eigenvalue weighted by molar-refractivity contribution is 5.69. The molecule has 1 aromatic heterocycles. The number of alkyl halides is 2. The molecule has 20 heavy (non-hydrogen) atoms. The second-order valence-corrected chi connectivity index (χ2v) is 6.06. The van der Waals surface area contributed by atoms with E-state index in [-0.39, 0.29) is 0 Å². The van der Waals surface area contributed by atoms with Gasteiger partial charge in [0.1, 0.15) is 5.60 Å². The Kier molecular flexibility index (Phi) is 4.41. The van der Waals surface area contributed by atoms with Crippen molar-refractivity contribution in [2.75, 3.05) is 7.05 Å². The molecule has 0 radical (unpaired) electrons. The van der Waals surface area contributed by atoms with Crippen LogP contribution in [0.5, 0.6) is 0 Å². The van der Waals surface area contributed by atoms with Crippen LogP contribution in [0.25, 0.3) is 0 Å². The SMILES string of the molecule is CN(C(=O)OC(C)(C)C)C(C)(C)c1ccn(C(F)F)n1. The Morgan fingerprint density at radius 1 is 1.35 bits per heavy atom. The predicted octanol–water partition coefficient (Wildman–Crippen LogP) is 3.38. The molecule has 0 saturated carbocycles. The van der Waals surface area contributed by atoms with Crippen LogP contribution in [-0.2, 0) is 10.3 Å². The Morgan fingerprint density at radius 3 is 2.30 bits per heavy atom. The molecule has 0 atom stereocenters. The number of halogens is 2. The van der Waals surface area contributed by atoms with E-state index >= 15 is 0 Å². The average molecular weight is 289 g/mol. The third-order valence-corrected chi connectivity index (χ3v) is 2.94. The number of nitrogens with zero attached hydrogens (tertiary/aromatic N) is 3. The summed E-state index contributed by atoms with van der Waals surface area (Å²) in [7, 11) is 1.55. The maximum Gasteiger partial charge on any atom is 0.410 e. The fourth-order valence-electron chi connectivity index (χ4n) is 1.50. The van der Waals surface area contributed by atoms with Gasteiger partial charge in [0.25, 0.3) is 0 Å². The highest BCUT2D eigenvalue weighted by atomic mass is 19.3. The van der Waals surface area contributed by atoms with Gasteiger partial charge in [-0.05, 0) is 40.7 Å². The highest BCUT2D eigenvalue weighted by Crippen LogP contribution is 2.27. The molecule has 0 unspecified atom stereocenters. The van der Waals surface area contributed by atoms with Gasteiger partial charge in [-0.15, -0.1) is 0 Å². The van der Waals surface area contributed by atoms with E-state index in [2.05, 4.69) is 5.10 Å². The monoisotopic (exact) mass is 289 g/mol. The van der Waals surface area contributed by atoms with Crippen molar-refractivity contribution in [3.63, 3.8) is 0 Å². The molecule has 0 aliphatic heterocycles. The second kappa shape index (κ2) is 5.38. The Morgan fingerprint density at radius 2 is 1.90 bits per heavy atom. The zero-order chi connectivity index (χ0) is 15.7. The third-order valence-electron chi connectivity index (χ3n) is 2.94. The molecule has 1 rings (SSSR count). The topological polar surface area (TPSA) is 47.4 Å². The highest BCUT2D eigenvalue weighted by Gasteiger charge is 2.34. The Bertz CT molecular complexity index is 478. The van der Waals surface area contributed by atoms with E-state index in [1.165, 1.54) is 17.2 Å². The number of carbonyl (C=O) groups excluding carboxylic acids is 1. The maximum atomic E-state index is 12.5. The van der Waals surface area contributed by atoms with Crippen molar-refractivity contribution in [1.82, 2.24) is 14.7 Å². The van der Waals surface area contributed by atoms with Crippen LogP contribution in [0.2, 0.25) is 0 Å². The normalized spacial score (nSPS) is 12.7. The first-order valence-electron chi connectivity index (χ1n) is 6.26. The van der Waals surface area contributed by atoms with E-state index in [0.717, 1.165) is 0 Å². The van der Waals surface area contributed by atoms with Gasteiger partial charge in [-0.1, -0.05) is 0 Å². The maximum absolute atomic E-state index is 12.5. The van der Waals surface area contributed by atoms with E-state index in [9.17, 15) is 13.6 Å². The quantitative estimate of drug-likeness (QED) is 0.857. The summed E-state index contributed by atoms with van der Waals surface area (Å²) in [6.07, 6.45) is 0.652. The van der Waals surface area contributed by atoms with Crippen LogP contribution < -0.4 is 0 Å². The second-order valence-electron chi connectivity index (χ2n) is 6.06. The number of carbonyl (C=O) groups is 1. The van der Waals surface area contributed by atoms with Crippen LogP contribution in [-0.4, -0.2) is 33.4 Å². The molecule has 0 bridgehead atoms. The minimum absolute atomic E-state index is 0.367. The minimum atomic E-state index is -2.70. The van der Waals surface area contributed by atoms with Crippen molar-refractivity contribution in [3.05, 3.63) is 18.0 Å². The molecule has 114 valence electrons. The number of amides is 1. The minimum Gasteiger partial charge on any atom is -0.444 e. The molecule has 0 aliphatic rings. The van der Waals surface area contributed by atoms with E-state index in [1.54, 1.807) is 41.7 Å². The zero-order valence-corrected chi connectivity index (χ0v) is 12.6. The molecular formula is C13H21F2N3O2. The van der Waals surface area contributed by atoms with Gasteiger partial charge < -0.3 is 9.64 Å². The van der Waals surface area contributed by atoms with Crippen molar-refractivity contribution >= 4 is 6.09 Å². The number of aromatic nitrogens is 2. The third kappa shape index (κ3) is 3.68. The predicted molar refractivity (Wildman–Crippen MR) is 70.5 cm³/mol. The van der Waals surface area contributed by atoms with Crippen molar-refractivity contribution in [2.24, 2.45) is 0 Å². The summed E-state index contributed by atoms with van der Waals surface area (Å²) < 4.78 is 30.9. The lowest BCUT2D eigenvalue weighted by Crippen LogP contribution is -2.45. The van der Waals surface area contributed by atoms with Crippen LogP contribution in [0.4, 0.5) is 13.6 Å². The molecule has 0 aliphatic carbocycles. The largest absolute Gasteiger partial charge is 0.444 e. The van der Waals surface area contributed by atoms with Crippen molar-refractivity contribution < 1.29 is 18.3 Å². The molecule has 0 N–H and O–H groups in total. The first-order chi connectivity index (χ1) is 8.95. The molecule has 0 aromatic carbocycles. The average Bonchev–Trinajstić information content (AvgIpc) is 2.75. The summed E-state index contributed by atoms with van der Waals surface area (Å²) in [5.74, 6) is 0. The first-order valence-corrected chi connectivity index (χ1v) is 6.26. The van der Waals surface area contributed by atoms with E-state index in [4.69, 9.17) is 4.74 Å². The van der Waals surface area contributed by atoms with E-state index in [0.29, 0.717) is 10.4 Å². The lowest BCUT2D eigenvalue weighted by Gasteiger charge is -2.35. The van der Waals surface area contributed by atoms with Crippen LogP contribution in [0.3, 0.4) is 0 Å². The molecule has 1 aromatic rings. The summed E-state index contributed by atoms with van der Waals surface area (Å²) in [6.45, 7) is 6.02. The van der Waals surface area contributed by atoms with Gasteiger partial charge in [0, 0.05) is 13.2 Å². The summed E-state index contributed by atoms with van der Waals surface area (Å²) in [6, 6.07) is 1.47. The smallest absolute Gasteiger partial charge is 0.410 e. The number of rotatable bonds is 3. The van der Waals surface area contributed by atoms with E-state index in [1.807, 2.05) is 0 Å². The van der Waals surface area contributed by atoms with Crippen molar-refractivity contribution in [2.45, 2.75) is 52.3 Å². The lowest BCUT2D eigenvalue weighted by atomic mass is 9.99. The molecule has 7 heteroatoms. The molecule has 0 spiro atoms. The lowest BCUT2D eigenvalue weighted by molar-refractivity contribution is 0.00901. The van der Waals surface area contributed by atoms with Crippen molar-refractivity contribution in [3.8, 4) is 0 Å².